The van der Waals surface area contributed by atoms with E-state index in [9.17, 15) is 0 Å². The second-order valence-electron chi connectivity index (χ2n) is 5.27. The summed E-state index contributed by atoms with van der Waals surface area (Å²) in [6, 6.07) is 10.1. The van der Waals surface area contributed by atoms with Crippen molar-refractivity contribution in [2.75, 3.05) is 5.32 Å². The number of imidazole rings is 1. The fourth-order valence-electron chi connectivity index (χ4n) is 2.67. The normalized spacial score (nSPS) is 15.2. The molecule has 2 aromatic heterocycles. The third kappa shape index (κ3) is 1.84. The zero-order valence-electron chi connectivity index (χ0n) is 11.2. The van der Waals surface area contributed by atoms with Gasteiger partial charge in [-0.05, 0) is 25.0 Å². The summed E-state index contributed by atoms with van der Waals surface area (Å²) in [5, 5.41) is 3.36. The molecule has 1 aliphatic rings. The van der Waals surface area contributed by atoms with Gasteiger partial charge in [0.05, 0.1) is 6.20 Å². The van der Waals surface area contributed by atoms with E-state index in [1.54, 1.807) is 0 Å². The lowest BCUT2D eigenvalue weighted by Gasteiger charge is -2.24. The van der Waals surface area contributed by atoms with Gasteiger partial charge in [-0.3, -0.25) is 4.40 Å². The average Bonchev–Trinajstić information content (AvgIpc) is 2.83. The summed E-state index contributed by atoms with van der Waals surface area (Å²) in [5.74, 6) is 2.64. The highest BCUT2D eigenvalue weighted by Crippen LogP contribution is 2.36. The Balaban J connectivity index is 1.75. The molecule has 0 atom stereocenters. The van der Waals surface area contributed by atoms with Crippen LogP contribution in [0.3, 0.4) is 0 Å². The monoisotopic (exact) mass is 264 g/mol. The molecule has 0 saturated heterocycles. The molecule has 20 heavy (non-hydrogen) atoms. The Morgan fingerprint density at radius 3 is 2.70 bits per heavy atom. The number of anilines is 2. The number of aromatic nitrogens is 3. The van der Waals surface area contributed by atoms with E-state index in [1.807, 2.05) is 48.9 Å². The highest BCUT2D eigenvalue weighted by molar-refractivity contribution is 5.72. The first kappa shape index (κ1) is 11.5. The molecule has 0 radical (unpaired) electrons. The number of fused-ring (bicyclic) bond motifs is 1. The van der Waals surface area contributed by atoms with E-state index in [0.29, 0.717) is 5.92 Å². The van der Waals surface area contributed by atoms with Gasteiger partial charge in [0.25, 0.3) is 0 Å². The molecule has 4 nitrogen and oxygen atoms in total. The predicted molar refractivity (Wildman–Crippen MR) is 79.3 cm³/mol. The van der Waals surface area contributed by atoms with E-state index >= 15 is 0 Å². The summed E-state index contributed by atoms with van der Waals surface area (Å²) in [5.41, 5.74) is 2.08. The van der Waals surface area contributed by atoms with Crippen molar-refractivity contribution in [1.82, 2.24) is 14.4 Å². The van der Waals surface area contributed by atoms with Crippen LogP contribution in [0.25, 0.3) is 5.52 Å². The van der Waals surface area contributed by atoms with Crippen molar-refractivity contribution in [3.05, 3.63) is 54.7 Å². The van der Waals surface area contributed by atoms with Crippen LogP contribution in [-0.4, -0.2) is 14.4 Å². The maximum Gasteiger partial charge on any atom is 0.156 e. The molecule has 4 rings (SSSR count). The second kappa shape index (κ2) is 4.63. The zero-order chi connectivity index (χ0) is 13.4. The molecule has 0 spiro atoms. The summed E-state index contributed by atoms with van der Waals surface area (Å²) in [7, 11) is 0. The lowest BCUT2D eigenvalue weighted by molar-refractivity contribution is 0.400. The number of rotatable bonds is 3. The van der Waals surface area contributed by atoms with Gasteiger partial charge in [-0.2, -0.15) is 0 Å². The minimum absolute atomic E-state index is 0.615. The molecule has 0 aliphatic heterocycles. The van der Waals surface area contributed by atoms with Crippen molar-refractivity contribution in [2.24, 2.45) is 0 Å². The molecule has 0 bridgehead atoms. The molecular formula is C16H16N4. The molecule has 1 saturated carbocycles. The van der Waals surface area contributed by atoms with Crippen LogP contribution >= 0.6 is 0 Å². The van der Waals surface area contributed by atoms with Gasteiger partial charge in [0.2, 0.25) is 0 Å². The summed E-state index contributed by atoms with van der Waals surface area (Å²) >= 11 is 0. The Hall–Kier alpha value is -2.36. The zero-order valence-corrected chi connectivity index (χ0v) is 11.2. The average molecular weight is 264 g/mol. The summed E-state index contributed by atoms with van der Waals surface area (Å²) < 4.78 is 2.17. The SMILES string of the molecule is c1ccc(Nc2nccn3c(C4CCC4)ncc23)cc1. The Labute approximate surface area is 117 Å². The van der Waals surface area contributed by atoms with E-state index < -0.39 is 0 Å². The van der Waals surface area contributed by atoms with Crippen LogP contribution in [0.1, 0.15) is 31.0 Å². The smallest absolute Gasteiger partial charge is 0.156 e. The Morgan fingerprint density at radius 1 is 1.10 bits per heavy atom. The van der Waals surface area contributed by atoms with E-state index in [0.717, 1.165) is 17.0 Å². The van der Waals surface area contributed by atoms with Crippen molar-refractivity contribution in [3.63, 3.8) is 0 Å². The molecule has 3 aromatic rings. The number of benzene rings is 1. The Kier molecular flexibility index (Phi) is 2.66. The van der Waals surface area contributed by atoms with Crippen LogP contribution in [-0.2, 0) is 0 Å². The quantitative estimate of drug-likeness (QED) is 0.783. The number of hydrogen-bond donors (Lipinski definition) is 1. The van der Waals surface area contributed by atoms with Crippen LogP contribution in [0.2, 0.25) is 0 Å². The molecule has 0 amide bonds. The summed E-state index contributed by atoms with van der Waals surface area (Å²) in [6.07, 6.45) is 9.59. The maximum atomic E-state index is 4.60. The van der Waals surface area contributed by atoms with Gasteiger partial charge in [-0.25, -0.2) is 9.97 Å². The van der Waals surface area contributed by atoms with E-state index in [-0.39, 0.29) is 0 Å². The molecule has 2 heterocycles. The fraction of sp³-hybridized carbons (Fsp3) is 0.250. The first-order valence-corrected chi connectivity index (χ1v) is 7.06. The molecule has 1 aromatic carbocycles. The van der Waals surface area contributed by atoms with Gasteiger partial charge in [0.15, 0.2) is 5.82 Å². The highest BCUT2D eigenvalue weighted by atomic mass is 15.1. The van der Waals surface area contributed by atoms with Crippen molar-refractivity contribution >= 4 is 17.0 Å². The Morgan fingerprint density at radius 2 is 1.95 bits per heavy atom. The summed E-state index contributed by atoms with van der Waals surface area (Å²) in [6.45, 7) is 0. The first-order chi connectivity index (χ1) is 9.92. The fourth-order valence-corrected chi connectivity index (χ4v) is 2.67. The van der Waals surface area contributed by atoms with Gasteiger partial charge in [0, 0.05) is 24.0 Å². The van der Waals surface area contributed by atoms with Crippen LogP contribution in [0.4, 0.5) is 11.5 Å². The lowest BCUT2D eigenvalue weighted by atomic mass is 9.85. The number of para-hydroxylation sites is 1. The highest BCUT2D eigenvalue weighted by Gasteiger charge is 2.24. The van der Waals surface area contributed by atoms with Gasteiger partial charge in [-0.1, -0.05) is 24.6 Å². The largest absolute Gasteiger partial charge is 0.338 e. The van der Waals surface area contributed by atoms with Crippen molar-refractivity contribution in [1.29, 1.82) is 0 Å². The van der Waals surface area contributed by atoms with Crippen LogP contribution in [0, 0.1) is 0 Å². The first-order valence-electron chi connectivity index (χ1n) is 7.06. The van der Waals surface area contributed by atoms with Gasteiger partial charge < -0.3 is 5.32 Å². The van der Waals surface area contributed by atoms with Crippen LogP contribution < -0.4 is 5.32 Å². The van der Waals surface area contributed by atoms with E-state index in [2.05, 4.69) is 19.7 Å². The van der Waals surface area contributed by atoms with Gasteiger partial charge >= 0.3 is 0 Å². The van der Waals surface area contributed by atoms with Gasteiger partial charge in [0.1, 0.15) is 11.3 Å². The lowest BCUT2D eigenvalue weighted by Crippen LogP contribution is -2.12. The number of hydrogen-bond acceptors (Lipinski definition) is 3. The minimum Gasteiger partial charge on any atom is -0.338 e. The molecule has 4 heteroatoms. The van der Waals surface area contributed by atoms with E-state index in [1.165, 1.54) is 25.1 Å². The molecule has 100 valence electrons. The summed E-state index contributed by atoms with van der Waals surface area (Å²) in [4.78, 5) is 9.05. The molecule has 1 fully saturated rings. The number of nitrogens with zero attached hydrogens (tertiary/aromatic N) is 3. The topological polar surface area (TPSA) is 42.2 Å². The van der Waals surface area contributed by atoms with E-state index in [4.69, 9.17) is 0 Å². The van der Waals surface area contributed by atoms with Crippen LogP contribution in [0.15, 0.2) is 48.9 Å². The van der Waals surface area contributed by atoms with Crippen molar-refractivity contribution in [3.8, 4) is 0 Å². The maximum absolute atomic E-state index is 4.60. The second-order valence-corrected chi connectivity index (χ2v) is 5.27. The molecule has 0 unspecified atom stereocenters. The minimum atomic E-state index is 0.615. The van der Waals surface area contributed by atoms with Crippen molar-refractivity contribution in [2.45, 2.75) is 25.2 Å². The predicted octanol–water partition coefficient (Wildman–Crippen LogP) is 3.74. The van der Waals surface area contributed by atoms with Crippen LogP contribution in [0.5, 0.6) is 0 Å². The number of nitrogens with one attached hydrogen (secondary N) is 1. The standard InChI is InChI=1S/C16H16N4/c1-2-7-13(8-3-1)19-15-14-11-18-16(12-5-4-6-12)20(14)10-9-17-15/h1-3,7-12H,4-6H2,(H,17,19). The third-order valence-corrected chi connectivity index (χ3v) is 3.99. The molecule has 1 aliphatic carbocycles. The Bertz CT molecular complexity index is 729. The molecule has 1 N–H and O–H groups in total. The third-order valence-electron chi connectivity index (χ3n) is 3.99. The molecular weight excluding hydrogens is 248 g/mol. The van der Waals surface area contributed by atoms with Crippen molar-refractivity contribution < 1.29 is 0 Å². The van der Waals surface area contributed by atoms with Gasteiger partial charge in [-0.15, -0.1) is 0 Å².